The predicted octanol–water partition coefficient (Wildman–Crippen LogP) is 4.30. The maximum atomic E-state index is 3.68. The molecule has 0 spiro atoms. The Morgan fingerprint density at radius 1 is 0.842 bits per heavy atom. The fraction of sp³-hybridized carbons (Fsp3) is 1.00. The molecule has 0 heterocycles. The summed E-state index contributed by atoms with van der Waals surface area (Å²) in [7, 11) is 0. The molecule has 1 unspecified atom stereocenters. The largest absolute Gasteiger partial charge is 0.313 e. The SMILES string of the molecule is CCCCN(CCCC)CCNC(C)CCC(C)C. The standard InChI is InChI=1S/C17H38N2/c1-6-8-13-19(14-9-7-2)15-12-18-17(5)11-10-16(3)4/h16-18H,6-15H2,1-5H3. The molecule has 0 aromatic rings. The molecule has 0 aromatic carbocycles. The van der Waals surface area contributed by atoms with Gasteiger partial charge >= 0.3 is 0 Å². The number of nitrogens with zero attached hydrogens (tertiary/aromatic N) is 1. The number of rotatable bonds is 13. The molecule has 0 rings (SSSR count). The van der Waals surface area contributed by atoms with Gasteiger partial charge in [-0.1, -0.05) is 40.5 Å². The molecule has 2 heteroatoms. The van der Waals surface area contributed by atoms with Crippen molar-refractivity contribution in [3.63, 3.8) is 0 Å². The molecule has 0 aliphatic rings. The molecule has 0 bridgehead atoms. The van der Waals surface area contributed by atoms with E-state index in [-0.39, 0.29) is 0 Å². The van der Waals surface area contributed by atoms with Gasteiger partial charge in [0.2, 0.25) is 0 Å². The van der Waals surface area contributed by atoms with Gasteiger partial charge in [0.1, 0.15) is 0 Å². The smallest absolute Gasteiger partial charge is 0.0107 e. The van der Waals surface area contributed by atoms with Gasteiger partial charge in [0.15, 0.2) is 0 Å². The molecule has 0 aliphatic heterocycles. The second-order valence-electron chi connectivity index (χ2n) is 6.38. The van der Waals surface area contributed by atoms with Crippen LogP contribution >= 0.6 is 0 Å². The molecule has 0 saturated heterocycles. The topological polar surface area (TPSA) is 15.3 Å². The molecule has 0 aliphatic carbocycles. The zero-order valence-electron chi connectivity index (χ0n) is 14.2. The summed E-state index contributed by atoms with van der Waals surface area (Å²) in [6.07, 6.45) is 7.94. The van der Waals surface area contributed by atoms with E-state index in [9.17, 15) is 0 Å². The molecule has 0 saturated carbocycles. The monoisotopic (exact) mass is 270 g/mol. The fourth-order valence-corrected chi connectivity index (χ4v) is 2.25. The van der Waals surface area contributed by atoms with Gasteiger partial charge in [-0.3, -0.25) is 0 Å². The lowest BCUT2D eigenvalue weighted by Crippen LogP contribution is -2.37. The highest BCUT2D eigenvalue weighted by Crippen LogP contribution is 2.06. The quantitative estimate of drug-likeness (QED) is 0.537. The molecule has 0 radical (unpaired) electrons. The van der Waals surface area contributed by atoms with E-state index in [1.165, 1.54) is 58.2 Å². The Bertz CT molecular complexity index is 172. The zero-order chi connectivity index (χ0) is 14.5. The highest BCUT2D eigenvalue weighted by atomic mass is 15.1. The van der Waals surface area contributed by atoms with Crippen molar-refractivity contribution in [3.05, 3.63) is 0 Å². The lowest BCUT2D eigenvalue weighted by Gasteiger charge is -2.23. The minimum atomic E-state index is 0.668. The van der Waals surface area contributed by atoms with Crippen LogP contribution in [-0.2, 0) is 0 Å². The Hall–Kier alpha value is -0.0800. The van der Waals surface area contributed by atoms with Crippen molar-refractivity contribution < 1.29 is 0 Å². The molecule has 1 N–H and O–H groups in total. The van der Waals surface area contributed by atoms with Gasteiger partial charge in [-0.05, 0) is 51.6 Å². The number of hydrogen-bond donors (Lipinski definition) is 1. The Kier molecular flexibility index (Phi) is 12.9. The lowest BCUT2D eigenvalue weighted by atomic mass is 10.0. The highest BCUT2D eigenvalue weighted by Gasteiger charge is 2.06. The van der Waals surface area contributed by atoms with Crippen molar-refractivity contribution in [2.24, 2.45) is 5.92 Å². The van der Waals surface area contributed by atoms with Crippen LogP contribution in [0.4, 0.5) is 0 Å². The average molecular weight is 271 g/mol. The zero-order valence-corrected chi connectivity index (χ0v) is 14.2. The second kappa shape index (κ2) is 12.9. The Balaban J connectivity index is 3.70. The maximum absolute atomic E-state index is 3.68. The van der Waals surface area contributed by atoms with Gasteiger partial charge in [0.05, 0.1) is 0 Å². The summed E-state index contributed by atoms with van der Waals surface area (Å²) in [5.74, 6) is 0.829. The third-order valence-corrected chi connectivity index (χ3v) is 3.75. The van der Waals surface area contributed by atoms with Crippen molar-refractivity contribution in [2.45, 2.75) is 79.2 Å². The van der Waals surface area contributed by atoms with Gasteiger partial charge in [0.25, 0.3) is 0 Å². The molecule has 116 valence electrons. The van der Waals surface area contributed by atoms with Crippen molar-refractivity contribution in [2.75, 3.05) is 26.2 Å². The van der Waals surface area contributed by atoms with Gasteiger partial charge in [-0.2, -0.15) is 0 Å². The van der Waals surface area contributed by atoms with Crippen molar-refractivity contribution in [1.82, 2.24) is 10.2 Å². The van der Waals surface area contributed by atoms with E-state index in [0.717, 1.165) is 12.5 Å². The van der Waals surface area contributed by atoms with Crippen molar-refractivity contribution >= 4 is 0 Å². The molecule has 2 nitrogen and oxygen atoms in total. The molecule has 0 fully saturated rings. The van der Waals surface area contributed by atoms with Crippen LogP contribution in [0.15, 0.2) is 0 Å². The molecular weight excluding hydrogens is 232 g/mol. The van der Waals surface area contributed by atoms with Crippen molar-refractivity contribution in [3.8, 4) is 0 Å². The van der Waals surface area contributed by atoms with Crippen LogP contribution in [0.5, 0.6) is 0 Å². The van der Waals surface area contributed by atoms with Crippen molar-refractivity contribution in [1.29, 1.82) is 0 Å². The fourth-order valence-electron chi connectivity index (χ4n) is 2.25. The van der Waals surface area contributed by atoms with Gasteiger partial charge in [-0.25, -0.2) is 0 Å². The predicted molar refractivity (Wildman–Crippen MR) is 87.8 cm³/mol. The minimum Gasteiger partial charge on any atom is -0.313 e. The number of nitrogens with one attached hydrogen (secondary N) is 1. The first kappa shape index (κ1) is 18.9. The van der Waals surface area contributed by atoms with E-state index in [1.54, 1.807) is 0 Å². The molecule has 19 heavy (non-hydrogen) atoms. The van der Waals surface area contributed by atoms with Crippen LogP contribution in [0, 0.1) is 5.92 Å². The van der Waals surface area contributed by atoms with E-state index < -0.39 is 0 Å². The third kappa shape index (κ3) is 12.7. The summed E-state index contributed by atoms with van der Waals surface area (Å²) >= 11 is 0. The lowest BCUT2D eigenvalue weighted by molar-refractivity contribution is 0.260. The van der Waals surface area contributed by atoms with Crippen LogP contribution in [-0.4, -0.2) is 37.1 Å². The first-order valence-corrected chi connectivity index (χ1v) is 8.55. The van der Waals surface area contributed by atoms with E-state index in [2.05, 4.69) is 44.8 Å². The van der Waals surface area contributed by atoms with Crippen LogP contribution in [0.2, 0.25) is 0 Å². The maximum Gasteiger partial charge on any atom is 0.0107 e. The summed E-state index contributed by atoms with van der Waals surface area (Å²) in [6, 6.07) is 0.668. The summed E-state index contributed by atoms with van der Waals surface area (Å²) in [5.41, 5.74) is 0. The normalized spacial score (nSPS) is 13.4. The summed E-state index contributed by atoms with van der Waals surface area (Å²) in [5, 5.41) is 3.68. The van der Waals surface area contributed by atoms with Crippen LogP contribution in [0.3, 0.4) is 0 Å². The van der Waals surface area contributed by atoms with Crippen LogP contribution < -0.4 is 5.32 Å². The van der Waals surface area contributed by atoms with E-state index in [1.807, 2.05) is 0 Å². The van der Waals surface area contributed by atoms with E-state index in [4.69, 9.17) is 0 Å². The second-order valence-corrected chi connectivity index (χ2v) is 6.38. The highest BCUT2D eigenvalue weighted by molar-refractivity contribution is 4.65. The Morgan fingerprint density at radius 2 is 1.42 bits per heavy atom. The van der Waals surface area contributed by atoms with Crippen LogP contribution in [0.1, 0.15) is 73.1 Å². The summed E-state index contributed by atoms with van der Waals surface area (Å²) in [4.78, 5) is 2.63. The van der Waals surface area contributed by atoms with E-state index >= 15 is 0 Å². The Morgan fingerprint density at radius 3 is 1.89 bits per heavy atom. The first-order chi connectivity index (χ1) is 9.10. The third-order valence-electron chi connectivity index (χ3n) is 3.75. The van der Waals surface area contributed by atoms with Gasteiger partial charge in [0, 0.05) is 19.1 Å². The number of unbranched alkanes of at least 4 members (excludes halogenated alkanes) is 2. The molecule has 0 aromatic heterocycles. The molecule has 0 amide bonds. The van der Waals surface area contributed by atoms with Crippen LogP contribution in [0.25, 0.3) is 0 Å². The summed E-state index contributed by atoms with van der Waals surface area (Å²) < 4.78 is 0. The average Bonchev–Trinajstić information content (AvgIpc) is 2.38. The molecular formula is C17H38N2. The van der Waals surface area contributed by atoms with E-state index in [0.29, 0.717) is 6.04 Å². The van der Waals surface area contributed by atoms with Gasteiger partial charge in [-0.15, -0.1) is 0 Å². The summed E-state index contributed by atoms with van der Waals surface area (Å²) in [6.45, 7) is 16.4. The number of hydrogen-bond acceptors (Lipinski definition) is 2. The molecule has 1 atom stereocenters. The first-order valence-electron chi connectivity index (χ1n) is 8.55. The van der Waals surface area contributed by atoms with Gasteiger partial charge < -0.3 is 10.2 Å². The minimum absolute atomic E-state index is 0.668. The Labute approximate surface area is 122 Å².